The summed E-state index contributed by atoms with van der Waals surface area (Å²) in [6, 6.07) is 9.16. The first-order valence-electron chi connectivity index (χ1n) is 10.2. The van der Waals surface area contributed by atoms with Gasteiger partial charge in [0.15, 0.2) is 11.5 Å². The van der Waals surface area contributed by atoms with Crippen LogP contribution in [0, 0.1) is 0 Å². The maximum atomic E-state index is 12.6. The summed E-state index contributed by atoms with van der Waals surface area (Å²) in [4.78, 5) is 20.9. The van der Waals surface area contributed by atoms with Crippen LogP contribution in [0.3, 0.4) is 0 Å². The molecule has 0 aliphatic heterocycles. The number of nitrogens with one attached hydrogen (secondary N) is 1. The number of hydrogen-bond acceptors (Lipinski definition) is 6. The monoisotopic (exact) mass is 453 g/mol. The Bertz CT molecular complexity index is 1350. The summed E-state index contributed by atoms with van der Waals surface area (Å²) in [6.07, 6.45) is -0.395. The van der Waals surface area contributed by atoms with E-state index in [0.29, 0.717) is 11.5 Å². The predicted octanol–water partition coefficient (Wildman–Crippen LogP) is 3.48. The third-order valence-electron chi connectivity index (χ3n) is 5.58. The Labute approximate surface area is 185 Å². The Hall–Kier alpha value is -4.02. The lowest BCUT2D eigenvalue weighted by atomic mass is 10.2. The fourth-order valence-electron chi connectivity index (χ4n) is 4.15. The molecule has 1 aliphatic rings. The summed E-state index contributed by atoms with van der Waals surface area (Å²) in [5.41, 5.74) is 10.6. The molecule has 0 unspecified atom stereocenters. The molecule has 0 bridgehead atoms. The molecule has 3 heterocycles. The summed E-state index contributed by atoms with van der Waals surface area (Å²) in [7, 11) is 0. The molecule has 168 valence electrons. The van der Waals surface area contributed by atoms with Crippen molar-refractivity contribution in [2.45, 2.75) is 31.9 Å². The molecule has 11 heteroatoms. The highest BCUT2D eigenvalue weighted by atomic mass is 19.4. The molecule has 0 saturated carbocycles. The second-order valence-corrected chi connectivity index (χ2v) is 7.75. The van der Waals surface area contributed by atoms with Crippen molar-refractivity contribution in [3.05, 3.63) is 65.4 Å². The van der Waals surface area contributed by atoms with Crippen LogP contribution in [0.15, 0.2) is 42.7 Å². The average molecular weight is 453 g/mol. The minimum absolute atomic E-state index is 0.141. The lowest BCUT2D eigenvalue weighted by Crippen LogP contribution is -2.16. The highest BCUT2D eigenvalue weighted by Crippen LogP contribution is 2.36. The van der Waals surface area contributed by atoms with Gasteiger partial charge in [0, 0.05) is 17.1 Å². The van der Waals surface area contributed by atoms with Crippen molar-refractivity contribution >= 4 is 28.4 Å². The molecule has 1 aromatic carbocycles. The van der Waals surface area contributed by atoms with Crippen molar-refractivity contribution < 1.29 is 18.0 Å². The molecule has 1 amide bonds. The van der Waals surface area contributed by atoms with Crippen LogP contribution in [0.2, 0.25) is 0 Å². The van der Waals surface area contributed by atoms with Gasteiger partial charge < -0.3 is 15.6 Å². The Morgan fingerprint density at radius 2 is 1.85 bits per heavy atom. The Kier molecular flexibility index (Phi) is 4.95. The van der Waals surface area contributed by atoms with Gasteiger partial charge in [-0.3, -0.25) is 4.79 Å². The number of anilines is 2. The van der Waals surface area contributed by atoms with E-state index >= 15 is 0 Å². The van der Waals surface area contributed by atoms with Crippen LogP contribution in [0.4, 0.5) is 24.7 Å². The molecule has 8 nitrogen and oxygen atoms in total. The smallest absolute Gasteiger partial charge is 0.382 e. The number of hydrogen-bond donors (Lipinski definition) is 2. The summed E-state index contributed by atoms with van der Waals surface area (Å²) in [5.74, 6) is -0.00816. The van der Waals surface area contributed by atoms with E-state index in [-0.39, 0.29) is 12.1 Å². The van der Waals surface area contributed by atoms with Crippen molar-refractivity contribution in [3.8, 4) is 5.69 Å². The zero-order chi connectivity index (χ0) is 23.2. The van der Waals surface area contributed by atoms with Gasteiger partial charge in [-0.15, -0.1) is 5.10 Å². The lowest BCUT2D eigenvalue weighted by Gasteiger charge is -2.12. The third-order valence-corrected chi connectivity index (χ3v) is 5.58. The molecule has 3 N–H and O–H groups in total. The van der Waals surface area contributed by atoms with Gasteiger partial charge >= 0.3 is 6.18 Å². The number of rotatable bonds is 4. The maximum Gasteiger partial charge on any atom is 0.435 e. The number of benzene rings is 1. The summed E-state index contributed by atoms with van der Waals surface area (Å²) < 4.78 is 39.8. The fourth-order valence-corrected chi connectivity index (χ4v) is 4.15. The van der Waals surface area contributed by atoms with Crippen molar-refractivity contribution in [2.75, 3.05) is 11.1 Å². The van der Waals surface area contributed by atoms with Crippen LogP contribution < -0.4 is 11.1 Å². The molecular weight excluding hydrogens is 435 g/mol. The van der Waals surface area contributed by atoms with Gasteiger partial charge in [-0.1, -0.05) is 0 Å². The van der Waals surface area contributed by atoms with E-state index < -0.39 is 17.8 Å². The van der Waals surface area contributed by atoms with E-state index in [4.69, 9.17) is 5.73 Å². The highest BCUT2D eigenvalue weighted by Gasteiger charge is 2.33. The number of aromatic nitrogens is 5. The van der Waals surface area contributed by atoms with E-state index in [1.54, 1.807) is 12.1 Å². The number of nitrogens with zero attached hydrogens (tertiary/aromatic N) is 5. The van der Waals surface area contributed by atoms with E-state index in [9.17, 15) is 18.0 Å². The van der Waals surface area contributed by atoms with Gasteiger partial charge in [-0.05, 0) is 61.2 Å². The summed E-state index contributed by atoms with van der Waals surface area (Å²) in [5, 5.41) is 9.34. The van der Waals surface area contributed by atoms with Crippen molar-refractivity contribution in [2.24, 2.45) is 0 Å². The van der Waals surface area contributed by atoms with Gasteiger partial charge in [0.25, 0.3) is 0 Å². The van der Waals surface area contributed by atoms with Crippen LogP contribution in [0.1, 0.15) is 29.1 Å². The van der Waals surface area contributed by atoms with Crippen LogP contribution in [0.5, 0.6) is 0 Å². The van der Waals surface area contributed by atoms with Crippen molar-refractivity contribution in [3.63, 3.8) is 0 Å². The molecule has 0 radical (unpaired) electrons. The van der Waals surface area contributed by atoms with Crippen LogP contribution in [-0.4, -0.2) is 30.6 Å². The highest BCUT2D eigenvalue weighted by molar-refractivity contribution is 5.93. The topological polar surface area (TPSA) is 112 Å². The Morgan fingerprint density at radius 1 is 1.06 bits per heavy atom. The molecular formula is C22H18F3N7O. The fraction of sp³-hybridized carbons (Fsp3) is 0.227. The molecule has 0 fully saturated rings. The average Bonchev–Trinajstić information content (AvgIpc) is 3.36. The number of aryl methyl sites for hydroxylation is 1. The molecule has 0 saturated heterocycles. The van der Waals surface area contributed by atoms with E-state index in [2.05, 4.69) is 30.0 Å². The summed E-state index contributed by atoms with van der Waals surface area (Å²) in [6.45, 7) is 0. The Morgan fingerprint density at radius 3 is 2.55 bits per heavy atom. The van der Waals surface area contributed by atoms with Crippen LogP contribution >= 0.6 is 0 Å². The SMILES string of the molecule is Nc1ncnc2c3c(n(-c4ccc(NC(=O)Cc5ccc(C(F)(F)F)nn5)cc4)c12)CCC3. The number of alkyl halides is 3. The quantitative estimate of drug-likeness (QED) is 0.489. The normalized spacial score (nSPS) is 13.3. The second kappa shape index (κ2) is 7.84. The van der Waals surface area contributed by atoms with Gasteiger partial charge in [0.2, 0.25) is 5.91 Å². The molecule has 0 spiro atoms. The standard InChI is InChI=1S/C22H18F3N7O/c23-22(24,25)17-9-6-13(30-31-17)10-18(33)29-12-4-7-14(8-5-12)32-16-3-1-2-15(16)19-20(32)21(26)28-11-27-19/h4-9,11H,1-3,10H2,(H,29,33)(H2,26,27,28). The zero-order valence-electron chi connectivity index (χ0n) is 17.2. The Balaban J connectivity index is 1.34. The molecule has 0 atom stereocenters. The molecule has 5 rings (SSSR count). The molecule has 1 aliphatic carbocycles. The number of amides is 1. The molecule has 3 aromatic heterocycles. The predicted molar refractivity (Wildman–Crippen MR) is 115 cm³/mol. The van der Waals surface area contributed by atoms with Crippen molar-refractivity contribution in [1.29, 1.82) is 0 Å². The number of carbonyl (C=O) groups is 1. The molecule has 33 heavy (non-hydrogen) atoms. The maximum absolute atomic E-state index is 12.6. The van der Waals surface area contributed by atoms with Gasteiger partial charge in [-0.2, -0.15) is 18.3 Å². The number of nitrogens with two attached hydrogens (primary N) is 1. The third kappa shape index (κ3) is 3.86. The minimum atomic E-state index is -4.57. The molecule has 4 aromatic rings. The van der Waals surface area contributed by atoms with E-state index in [0.717, 1.165) is 53.8 Å². The van der Waals surface area contributed by atoms with E-state index in [1.807, 2.05) is 12.1 Å². The summed E-state index contributed by atoms with van der Waals surface area (Å²) >= 11 is 0. The number of halogens is 3. The van der Waals surface area contributed by atoms with Crippen molar-refractivity contribution in [1.82, 2.24) is 24.7 Å². The van der Waals surface area contributed by atoms with Gasteiger partial charge in [-0.25, -0.2) is 9.97 Å². The van der Waals surface area contributed by atoms with Crippen LogP contribution in [0.25, 0.3) is 16.7 Å². The van der Waals surface area contributed by atoms with Gasteiger partial charge in [0.05, 0.1) is 17.6 Å². The lowest BCUT2D eigenvalue weighted by molar-refractivity contribution is -0.141. The van der Waals surface area contributed by atoms with Gasteiger partial charge in [0.1, 0.15) is 11.8 Å². The number of nitrogen functional groups attached to an aromatic ring is 1. The zero-order valence-corrected chi connectivity index (χ0v) is 17.2. The van der Waals surface area contributed by atoms with Crippen LogP contribution in [-0.2, 0) is 30.2 Å². The first kappa shape index (κ1) is 20.9. The first-order chi connectivity index (χ1) is 15.8. The number of fused-ring (bicyclic) bond motifs is 3. The minimum Gasteiger partial charge on any atom is -0.382 e. The second-order valence-electron chi connectivity index (χ2n) is 7.75. The van der Waals surface area contributed by atoms with E-state index in [1.165, 1.54) is 11.9 Å². The largest absolute Gasteiger partial charge is 0.435 e. The number of carbonyl (C=O) groups excluding carboxylic acids is 1. The first-order valence-corrected chi connectivity index (χ1v) is 10.2.